The first-order valence-electron chi connectivity index (χ1n) is 9.67. The van der Waals surface area contributed by atoms with Crippen LogP contribution in [0.3, 0.4) is 0 Å². The summed E-state index contributed by atoms with van der Waals surface area (Å²) in [6, 6.07) is 13.9. The number of benzene rings is 2. The number of rotatable bonds is 10. The number of hydrogen-bond acceptors (Lipinski definition) is 6. The third-order valence-corrected chi connectivity index (χ3v) is 4.94. The second-order valence-electron chi connectivity index (χ2n) is 6.47. The number of aromatic hydroxyl groups is 1. The zero-order chi connectivity index (χ0) is 22.6. The number of phenolic OH excluding ortho intramolecular Hbond substituents is 1. The van der Waals surface area contributed by atoms with Crippen LogP contribution in [0.2, 0.25) is 0 Å². The van der Waals surface area contributed by atoms with Crippen molar-refractivity contribution in [1.82, 2.24) is 5.48 Å². The summed E-state index contributed by atoms with van der Waals surface area (Å²) in [7, 11) is 0. The number of hydrogen-bond donors (Lipinski definition) is 4. The molecule has 31 heavy (non-hydrogen) atoms. The van der Waals surface area contributed by atoms with Crippen molar-refractivity contribution in [3.8, 4) is 5.75 Å². The van der Waals surface area contributed by atoms with E-state index in [0.29, 0.717) is 30.7 Å². The SMILES string of the molecule is CCO[C@@H](CC/C=C/C(=O)NO)[C@@H](OC(=O)Nc1ccccc1)c1cc(I)ccc1O. The molecule has 0 saturated heterocycles. The van der Waals surface area contributed by atoms with E-state index in [1.807, 2.05) is 13.0 Å². The summed E-state index contributed by atoms with van der Waals surface area (Å²) < 4.78 is 12.4. The molecule has 0 radical (unpaired) electrons. The van der Waals surface area contributed by atoms with Crippen molar-refractivity contribution < 1.29 is 29.4 Å². The third-order valence-electron chi connectivity index (χ3n) is 4.27. The van der Waals surface area contributed by atoms with Crippen LogP contribution in [0.25, 0.3) is 0 Å². The molecule has 4 N–H and O–H groups in total. The molecule has 0 aromatic heterocycles. The van der Waals surface area contributed by atoms with Gasteiger partial charge in [0.25, 0.3) is 5.91 Å². The second kappa shape index (κ2) is 12.9. The van der Waals surface area contributed by atoms with Gasteiger partial charge in [0.2, 0.25) is 0 Å². The van der Waals surface area contributed by atoms with E-state index < -0.39 is 24.2 Å². The molecule has 2 atom stereocenters. The summed E-state index contributed by atoms with van der Waals surface area (Å²) in [5.74, 6) is -0.656. The van der Waals surface area contributed by atoms with Gasteiger partial charge in [-0.15, -0.1) is 0 Å². The van der Waals surface area contributed by atoms with Crippen molar-refractivity contribution in [3.05, 3.63) is 69.8 Å². The van der Waals surface area contributed by atoms with Crippen molar-refractivity contribution in [2.24, 2.45) is 0 Å². The number of anilines is 1. The van der Waals surface area contributed by atoms with E-state index >= 15 is 0 Å². The van der Waals surface area contributed by atoms with Crippen LogP contribution in [0, 0.1) is 3.57 Å². The predicted octanol–water partition coefficient (Wildman–Crippen LogP) is 4.53. The quantitative estimate of drug-likeness (QED) is 0.152. The lowest BCUT2D eigenvalue weighted by atomic mass is 9.99. The zero-order valence-electron chi connectivity index (χ0n) is 17.0. The highest BCUT2D eigenvalue weighted by molar-refractivity contribution is 14.1. The highest BCUT2D eigenvalue weighted by Gasteiger charge is 2.30. The predicted molar refractivity (Wildman–Crippen MR) is 124 cm³/mol. The number of allylic oxidation sites excluding steroid dienone is 1. The summed E-state index contributed by atoms with van der Waals surface area (Å²) in [5.41, 5.74) is 2.52. The Kier molecular flexibility index (Phi) is 10.3. The first kappa shape index (κ1) is 24.6. The average molecular weight is 540 g/mol. The molecule has 2 aromatic rings. The van der Waals surface area contributed by atoms with E-state index in [4.69, 9.17) is 14.7 Å². The zero-order valence-corrected chi connectivity index (χ0v) is 19.1. The fourth-order valence-corrected chi connectivity index (χ4v) is 3.42. The lowest BCUT2D eigenvalue weighted by Gasteiger charge is -2.28. The Balaban J connectivity index is 2.25. The fourth-order valence-electron chi connectivity index (χ4n) is 2.90. The summed E-state index contributed by atoms with van der Waals surface area (Å²) in [6.07, 6.45) is 1.43. The van der Waals surface area contributed by atoms with E-state index in [-0.39, 0.29) is 5.75 Å². The molecule has 8 nitrogen and oxygen atoms in total. The van der Waals surface area contributed by atoms with Gasteiger partial charge in [0.05, 0.1) is 6.10 Å². The van der Waals surface area contributed by atoms with E-state index in [1.165, 1.54) is 17.6 Å². The molecule has 2 rings (SSSR count). The Labute approximate surface area is 194 Å². The van der Waals surface area contributed by atoms with Crippen LogP contribution in [-0.2, 0) is 14.3 Å². The standard InChI is InChI=1S/C22H25IN2O6/c1-2-30-19(10-6-7-11-20(27)25-29)21(17-14-15(23)12-13-18(17)26)31-22(28)24-16-8-4-3-5-9-16/h3-5,7-9,11-14,19,21,26,29H,2,6,10H2,1H3,(H,24,28)(H,25,27)/b11-7+/t19-,21-/m0/s1. The van der Waals surface area contributed by atoms with Gasteiger partial charge in [0.15, 0.2) is 6.10 Å². The van der Waals surface area contributed by atoms with E-state index in [2.05, 4.69) is 27.9 Å². The summed E-state index contributed by atoms with van der Waals surface area (Å²) in [5, 5.41) is 21.7. The minimum atomic E-state index is -0.890. The molecule has 0 spiro atoms. The molecule has 166 valence electrons. The molecule has 2 amide bonds. The van der Waals surface area contributed by atoms with Crippen molar-refractivity contribution in [2.45, 2.75) is 32.0 Å². The minimum Gasteiger partial charge on any atom is -0.508 e. The molecule has 0 fully saturated rings. The minimum absolute atomic E-state index is 0.0159. The Hall–Kier alpha value is -2.63. The summed E-state index contributed by atoms with van der Waals surface area (Å²) in [6.45, 7) is 2.17. The normalized spacial score (nSPS) is 12.9. The molecule has 0 saturated carbocycles. The maximum absolute atomic E-state index is 12.6. The monoisotopic (exact) mass is 540 g/mol. The number of carbonyl (C=O) groups is 2. The lowest BCUT2D eigenvalue weighted by Crippen LogP contribution is -2.29. The van der Waals surface area contributed by atoms with Gasteiger partial charge in [0, 0.05) is 27.5 Å². The van der Waals surface area contributed by atoms with Crippen molar-refractivity contribution >= 4 is 40.3 Å². The number of phenols is 1. The molecule has 0 unspecified atom stereocenters. The van der Waals surface area contributed by atoms with Gasteiger partial charge in [-0.2, -0.15) is 0 Å². The van der Waals surface area contributed by atoms with Crippen LogP contribution >= 0.6 is 22.6 Å². The fraction of sp³-hybridized carbons (Fsp3) is 0.273. The van der Waals surface area contributed by atoms with E-state index in [9.17, 15) is 14.7 Å². The third kappa shape index (κ3) is 8.19. The van der Waals surface area contributed by atoms with Crippen LogP contribution in [0.1, 0.15) is 31.4 Å². The number of hydroxylamine groups is 1. The molecule has 0 aliphatic heterocycles. The number of carbonyl (C=O) groups excluding carboxylic acids is 2. The van der Waals surface area contributed by atoms with Crippen LogP contribution in [0.4, 0.5) is 10.5 Å². The van der Waals surface area contributed by atoms with Crippen LogP contribution in [0.5, 0.6) is 5.75 Å². The molecule has 9 heteroatoms. The summed E-state index contributed by atoms with van der Waals surface area (Å²) in [4.78, 5) is 23.7. The molecule has 0 bridgehead atoms. The first-order chi connectivity index (χ1) is 14.9. The molecular formula is C22H25IN2O6. The number of ether oxygens (including phenoxy) is 2. The van der Waals surface area contributed by atoms with Gasteiger partial charge < -0.3 is 14.6 Å². The first-order valence-corrected chi connectivity index (χ1v) is 10.8. The number of amides is 2. The number of para-hydroxylation sites is 1. The lowest BCUT2D eigenvalue weighted by molar-refractivity contribution is -0.124. The van der Waals surface area contributed by atoms with Crippen molar-refractivity contribution in [3.63, 3.8) is 0 Å². The van der Waals surface area contributed by atoms with Gasteiger partial charge >= 0.3 is 6.09 Å². The van der Waals surface area contributed by atoms with E-state index in [1.54, 1.807) is 42.5 Å². The van der Waals surface area contributed by atoms with Crippen molar-refractivity contribution in [1.29, 1.82) is 0 Å². The van der Waals surface area contributed by atoms with Gasteiger partial charge in [-0.25, -0.2) is 10.3 Å². The second-order valence-corrected chi connectivity index (χ2v) is 7.72. The van der Waals surface area contributed by atoms with Gasteiger partial charge in [0.1, 0.15) is 5.75 Å². The van der Waals surface area contributed by atoms with E-state index in [0.717, 1.165) is 3.57 Å². The Morgan fingerprint density at radius 2 is 1.94 bits per heavy atom. The topological polar surface area (TPSA) is 117 Å². The van der Waals surface area contributed by atoms with Gasteiger partial charge in [-0.3, -0.25) is 15.3 Å². The smallest absolute Gasteiger partial charge is 0.412 e. The van der Waals surface area contributed by atoms with Crippen LogP contribution < -0.4 is 10.8 Å². The highest BCUT2D eigenvalue weighted by atomic mass is 127. The Bertz CT molecular complexity index is 891. The van der Waals surface area contributed by atoms with Crippen LogP contribution in [-0.4, -0.2) is 35.0 Å². The molecule has 0 heterocycles. The maximum atomic E-state index is 12.6. The number of nitrogens with one attached hydrogen (secondary N) is 2. The molecule has 0 aliphatic carbocycles. The summed E-state index contributed by atoms with van der Waals surface area (Å²) >= 11 is 2.11. The average Bonchev–Trinajstić information content (AvgIpc) is 2.76. The maximum Gasteiger partial charge on any atom is 0.412 e. The largest absolute Gasteiger partial charge is 0.508 e. The molecule has 2 aromatic carbocycles. The number of halogens is 1. The Morgan fingerprint density at radius 1 is 1.19 bits per heavy atom. The van der Waals surface area contributed by atoms with Gasteiger partial charge in [-0.1, -0.05) is 24.3 Å². The van der Waals surface area contributed by atoms with Crippen molar-refractivity contribution in [2.75, 3.05) is 11.9 Å². The van der Waals surface area contributed by atoms with Gasteiger partial charge in [-0.05, 0) is 72.7 Å². The Morgan fingerprint density at radius 3 is 2.61 bits per heavy atom. The molecular weight excluding hydrogens is 515 g/mol. The van der Waals surface area contributed by atoms with Crippen LogP contribution in [0.15, 0.2) is 60.7 Å². The molecule has 0 aliphatic rings. The highest BCUT2D eigenvalue weighted by Crippen LogP contribution is 2.34.